The summed E-state index contributed by atoms with van der Waals surface area (Å²) in [5.41, 5.74) is 1.99. The Kier molecular flexibility index (Phi) is 7.07. The molecule has 0 bridgehead atoms. The summed E-state index contributed by atoms with van der Waals surface area (Å²) in [6.07, 6.45) is 9.10. The highest BCUT2D eigenvalue weighted by Gasteiger charge is 2.03. The fourth-order valence-corrected chi connectivity index (χ4v) is 1.53. The van der Waals surface area contributed by atoms with E-state index in [2.05, 4.69) is 30.4 Å². The zero-order valence-electron chi connectivity index (χ0n) is 12.2. The Labute approximate surface area is 121 Å². The van der Waals surface area contributed by atoms with Gasteiger partial charge in [-0.25, -0.2) is 0 Å². The zero-order chi connectivity index (χ0) is 14.8. The lowest BCUT2D eigenvalue weighted by atomic mass is 10.1. The molecule has 0 aliphatic rings. The predicted octanol–water partition coefficient (Wildman–Crippen LogP) is 3.39. The van der Waals surface area contributed by atoms with Crippen LogP contribution in [0.3, 0.4) is 0 Å². The van der Waals surface area contributed by atoms with Crippen molar-refractivity contribution < 1.29 is 4.74 Å². The molecule has 20 heavy (non-hydrogen) atoms. The highest BCUT2D eigenvalue weighted by atomic mass is 16.5. The fraction of sp³-hybridized carbons (Fsp3) is 0.235. The largest absolute Gasteiger partial charge is 0.497 e. The first-order chi connectivity index (χ1) is 9.67. The van der Waals surface area contributed by atoms with E-state index in [0.29, 0.717) is 6.54 Å². The minimum absolute atomic E-state index is 0.162. The summed E-state index contributed by atoms with van der Waals surface area (Å²) in [5, 5.41) is 3.38. The molecule has 3 nitrogen and oxygen atoms in total. The van der Waals surface area contributed by atoms with E-state index in [1.807, 2.05) is 30.4 Å². The van der Waals surface area contributed by atoms with Crippen LogP contribution in [0, 0.1) is 0 Å². The number of nitrogens with one attached hydrogen (secondary N) is 1. The van der Waals surface area contributed by atoms with Gasteiger partial charge in [-0.3, -0.25) is 4.98 Å². The first-order valence-corrected chi connectivity index (χ1v) is 6.54. The first kappa shape index (κ1) is 15.9. The van der Waals surface area contributed by atoms with Gasteiger partial charge in [-0.15, -0.1) is 0 Å². The molecule has 0 aromatic carbocycles. The van der Waals surface area contributed by atoms with Gasteiger partial charge in [0.1, 0.15) is 5.76 Å². The van der Waals surface area contributed by atoms with E-state index in [1.165, 1.54) is 0 Å². The molecule has 0 amide bonds. The van der Waals surface area contributed by atoms with Crippen LogP contribution in [-0.4, -0.2) is 18.1 Å². The molecule has 0 spiro atoms. The normalized spacial score (nSPS) is 13.2. The van der Waals surface area contributed by atoms with Gasteiger partial charge in [0, 0.05) is 18.8 Å². The molecular weight excluding hydrogens is 248 g/mol. The molecule has 106 valence electrons. The number of ether oxygens (including phenoxy) is 1. The van der Waals surface area contributed by atoms with E-state index >= 15 is 0 Å². The molecule has 0 aliphatic heterocycles. The molecular formula is C17H22N2O. The van der Waals surface area contributed by atoms with E-state index in [-0.39, 0.29) is 6.04 Å². The standard InChI is InChI=1S/C17H22N2O/c1-5-8-17(20-4)11-10-14(2)15(3)19-13-16-9-6-7-12-18-16/h5-12,15,19H,1-2,13H2,3-4H3/b11-10-,17-8+. The van der Waals surface area contributed by atoms with Gasteiger partial charge < -0.3 is 10.1 Å². The predicted molar refractivity (Wildman–Crippen MR) is 84.1 cm³/mol. The number of nitrogens with zero attached hydrogens (tertiary/aromatic N) is 1. The number of pyridine rings is 1. The van der Waals surface area contributed by atoms with Crippen molar-refractivity contribution in [2.24, 2.45) is 0 Å². The number of hydrogen-bond acceptors (Lipinski definition) is 3. The third-order valence-electron chi connectivity index (χ3n) is 2.85. The second kappa shape index (κ2) is 8.88. The van der Waals surface area contributed by atoms with Crippen molar-refractivity contribution in [1.82, 2.24) is 10.3 Å². The van der Waals surface area contributed by atoms with Crippen LogP contribution in [0.15, 0.2) is 73.2 Å². The Balaban J connectivity index is 2.49. The maximum atomic E-state index is 5.18. The van der Waals surface area contributed by atoms with Crippen molar-refractivity contribution >= 4 is 0 Å². The molecule has 1 N–H and O–H groups in total. The highest BCUT2D eigenvalue weighted by molar-refractivity contribution is 5.27. The van der Waals surface area contributed by atoms with Crippen molar-refractivity contribution in [2.75, 3.05) is 7.11 Å². The number of allylic oxidation sites excluding steroid dienone is 3. The molecule has 1 aromatic rings. The molecule has 0 aliphatic carbocycles. The molecule has 1 atom stereocenters. The van der Waals surface area contributed by atoms with E-state index in [1.54, 1.807) is 25.5 Å². The summed E-state index contributed by atoms with van der Waals surface area (Å²) in [6.45, 7) is 10.5. The Morgan fingerprint density at radius 2 is 2.25 bits per heavy atom. The van der Waals surface area contributed by atoms with Gasteiger partial charge in [0.05, 0.1) is 12.8 Å². The molecule has 1 unspecified atom stereocenters. The van der Waals surface area contributed by atoms with Crippen molar-refractivity contribution in [3.05, 3.63) is 78.9 Å². The smallest absolute Gasteiger partial charge is 0.118 e. The van der Waals surface area contributed by atoms with Gasteiger partial charge >= 0.3 is 0 Å². The molecule has 0 radical (unpaired) electrons. The summed E-state index contributed by atoms with van der Waals surface area (Å²) >= 11 is 0. The molecule has 1 rings (SSSR count). The van der Waals surface area contributed by atoms with Gasteiger partial charge in [-0.2, -0.15) is 0 Å². The quantitative estimate of drug-likeness (QED) is 0.581. The van der Waals surface area contributed by atoms with Crippen molar-refractivity contribution in [1.29, 1.82) is 0 Å². The lowest BCUT2D eigenvalue weighted by molar-refractivity contribution is 0.307. The van der Waals surface area contributed by atoms with Crippen molar-refractivity contribution in [2.45, 2.75) is 19.5 Å². The van der Waals surface area contributed by atoms with Crippen LogP contribution in [0.1, 0.15) is 12.6 Å². The van der Waals surface area contributed by atoms with Crippen LogP contribution in [0.5, 0.6) is 0 Å². The average molecular weight is 270 g/mol. The van der Waals surface area contributed by atoms with Gasteiger partial charge in [-0.1, -0.05) is 31.4 Å². The van der Waals surface area contributed by atoms with Crippen molar-refractivity contribution in [3.8, 4) is 0 Å². The summed E-state index contributed by atoms with van der Waals surface area (Å²) < 4.78 is 5.18. The van der Waals surface area contributed by atoms with Crippen LogP contribution in [0.4, 0.5) is 0 Å². The minimum Gasteiger partial charge on any atom is -0.497 e. The first-order valence-electron chi connectivity index (χ1n) is 6.54. The third-order valence-corrected chi connectivity index (χ3v) is 2.85. The minimum atomic E-state index is 0.162. The monoisotopic (exact) mass is 270 g/mol. The average Bonchev–Trinajstić information content (AvgIpc) is 2.49. The van der Waals surface area contributed by atoms with E-state index in [9.17, 15) is 0 Å². The number of hydrogen-bond donors (Lipinski definition) is 1. The second-order valence-electron chi connectivity index (χ2n) is 4.34. The van der Waals surface area contributed by atoms with E-state index < -0.39 is 0 Å². The molecule has 0 saturated heterocycles. The van der Waals surface area contributed by atoms with Gasteiger partial charge in [0.15, 0.2) is 0 Å². The summed E-state index contributed by atoms with van der Waals surface area (Å²) in [6, 6.07) is 6.05. The Hall–Kier alpha value is -2.13. The number of methoxy groups -OCH3 is 1. The molecule has 3 heteroatoms. The lowest BCUT2D eigenvalue weighted by Crippen LogP contribution is -2.26. The van der Waals surface area contributed by atoms with Crippen LogP contribution < -0.4 is 5.32 Å². The summed E-state index contributed by atoms with van der Waals surface area (Å²) in [7, 11) is 1.63. The lowest BCUT2D eigenvalue weighted by Gasteiger charge is -2.13. The van der Waals surface area contributed by atoms with Crippen LogP contribution in [0.25, 0.3) is 0 Å². The summed E-state index contributed by atoms with van der Waals surface area (Å²) in [4.78, 5) is 4.27. The third kappa shape index (κ3) is 5.67. The fourth-order valence-electron chi connectivity index (χ4n) is 1.53. The number of rotatable bonds is 8. The number of aromatic nitrogens is 1. The topological polar surface area (TPSA) is 34.2 Å². The van der Waals surface area contributed by atoms with Gasteiger partial charge in [0.2, 0.25) is 0 Å². The maximum absolute atomic E-state index is 5.18. The van der Waals surface area contributed by atoms with Crippen molar-refractivity contribution in [3.63, 3.8) is 0 Å². The highest BCUT2D eigenvalue weighted by Crippen LogP contribution is 2.06. The SMILES string of the molecule is C=C/C=C(\C=C/C(=C)C(C)NCc1ccccn1)OC. The molecule has 1 heterocycles. The van der Waals surface area contributed by atoms with E-state index in [4.69, 9.17) is 4.74 Å². The molecule has 0 saturated carbocycles. The van der Waals surface area contributed by atoms with Gasteiger partial charge in [-0.05, 0) is 36.8 Å². The Bertz CT molecular complexity index is 489. The summed E-state index contributed by atoms with van der Waals surface area (Å²) in [5.74, 6) is 0.748. The molecule has 0 fully saturated rings. The van der Waals surface area contributed by atoms with Gasteiger partial charge in [0.25, 0.3) is 0 Å². The Morgan fingerprint density at radius 3 is 2.85 bits per heavy atom. The zero-order valence-corrected chi connectivity index (χ0v) is 12.2. The maximum Gasteiger partial charge on any atom is 0.118 e. The van der Waals surface area contributed by atoms with Crippen LogP contribution in [-0.2, 0) is 11.3 Å². The van der Waals surface area contributed by atoms with Crippen LogP contribution >= 0.6 is 0 Å². The van der Waals surface area contributed by atoms with E-state index in [0.717, 1.165) is 17.0 Å². The van der Waals surface area contributed by atoms with Crippen LogP contribution in [0.2, 0.25) is 0 Å². The second-order valence-corrected chi connectivity index (χ2v) is 4.34. The Morgan fingerprint density at radius 1 is 1.45 bits per heavy atom. The molecule has 1 aromatic heterocycles.